The van der Waals surface area contributed by atoms with E-state index in [4.69, 9.17) is 5.11 Å². The van der Waals surface area contributed by atoms with Crippen molar-refractivity contribution in [1.82, 2.24) is 5.32 Å². The van der Waals surface area contributed by atoms with Crippen LogP contribution in [0.4, 0.5) is 0 Å². The number of benzene rings is 1. The van der Waals surface area contributed by atoms with Crippen LogP contribution in [0.15, 0.2) is 30.3 Å². The molecule has 0 aromatic heterocycles. The van der Waals surface area contributed by atoms with Crippen LogP contribution in [0.2, 0.25) is 0 Å². The first kappa shape index (κ1) is 12.2. The Labute approximate surface area is 111 Å². The minimum atomic E-state index is -0.857. The Morgan fingerprint density at radius 1 is 1.21 bits per heavy atom. The number of aliphatic carboxylic acids is 1. The van der Waals surface area contributed by atoms with Gasteiger partial charge in [0.25, 0.3) is 0 Å². The molecule has 0 aliphatic heterocycles. The summed E-state index contributed by atoms with van der Waals surface area (Å²) >= 11 is 0. The van der Waals surface area contributed by atoms with Crippen molar-refractivity contribution in [2.45, 2.75) is 24.7 Å². The highest BCUT2D eigenvalue weighted by molar-refractivity contribution is 5.89. The van der Waals surface area contributed by atoms with Gasteiger partial charge in [-0.05, 0) is 24.8 Å². The Kier molecular flexibility index (Phi) is 2.81. The summed E-state index contributed by atoms with van der Waals surface area (Å²) in [6.07, 6.45) is 2.66. The standard InChI is InChI=1S/C15H17NO3/c17-13(11-8-12(11)14(18)19)16-9-15(6-7-15)10-4-2-1-3-5-10/h1-5,11-12H,6-9H2,(H,16,17)(H,18,19). The molecule has 0 bridgehead atoms. The summed E-state index contributed by atoms with van der Waals surface area (Å²) in [5, 5.41) is 11.7. The molecule has 1 aromatic carbocycles. The van der Waals surface area contributed by atoms with Crippen LogP contribution in [-0.2, 0) is 15.0 Å². The third-order valence-corrected chi connectivity index (χ3v) is 4.29. The largest absolute Gasteiger partial charge is 0.481 e. The molecular formula is C15H17NO3. The van der Waals surface area contributed by atoms with Gasteiger partial charge in [-0.1, -0.05) is 30.3 Å². The van der Waals surface area contributed by atoms with E-state index >= 15 is 0 Å². The number of carbonyl (C=O) groups excluding carboxylic acids is 1. The highest BCUT2D eigenvalue weighted by Gasteiger charge is 2.50. The molecule has 4 nitrogen and oxygen atoms in total. The second-order valence-corrected chi connectivity index (χ2v) is 5.65. The summed E-state index contributed by atoms with van der Waals surface area (Å²) in [6, 6.07) is 10.2. The lowest BCUT2D eigenvalue weighted by Gasteiger charge is -2.16. The normalized spacial score (nSPS) is 26.5. The third kappa shape index (κ3) is 2.35. The van der Waals surface area contributed by atoms with E-state index in [1.54, 1.807) is 0 Å². The van der Waals surface area contributed by atoms with Crippen LogP contribution in [-0.4, -0.2) is 23.5 Å². The molecule has 2 aliphatic carbocycles. The first-order chi connectivity index (χ1) is 9.12. The second kappa shape index (κ2) is 4.37. The summed E-state index contributed by atoms with van der Waals surface area (Å²) in [5.41, 5.74) is 1.35. The zero-order valence-corrected chi connectivity index (χ0v) is 10.6. The van der Waals surface area contributed by atoms with Crippen LogP contribution in [0, 0.1) is 11.8 Å². The van der Waals surface area contributed by atoms with Crippen molar-refractivity contribution in [3.8, 4) is 0 Å². The summed E-state index contributed by atoms with van der Waals surface area (Å²) in [6.45, 7) is 0.624. The molecule has 100 valence electrons. The molecule has 2 fully saturated rings. The van der Waals surface area contributed by atoms with E-state index in [1.807, 2.05) is 18.2 Å². The van der Waals surface area contributed by atoms with E-state index in [0.717, 1.165) is 12.8 Å². The molecule has 3 rings (SSSR count). The zero-order chi connectivity index (χ0) is 13.5. The van der Waals surface area contributed by atoms with E-state index < -0.39 is 11.9 Å². The van der Waals surface area contributed by atoms with Gasteiger partial charge in [-0.3, -0.25) is 9.59 Å². The van der Waals surface area contributed by atoms with Gasteiger partial charge in [-0.15, -0.1) is 0 Å². The molecular weight excluding hydrogens is 242 g/mol. The van der Waals surface area contributed by atoms with Gasteiger partial charge in [-0.2, -0.15) is 0 Å². The molecule has 2 atom stereocenters. The number of carboxylic acids is 1. The highest BCUT2D eigenvalue weighted by atomic mass is 16.4. The molecule has 0 saturated heterocycles. The predicted molar refractivity (Wildman–Crippen MR) is 69.6 cm³/mol. The average Bonchev–Trinajstić information content (AvgIpc) is 3.30. The number of nitrogens with one attached hydrogen (secondary N) is 1. The van der Waals surface area contributed by atoms with E-state index in [2.05, 4.69) is 17.4 Å². The molecule has 19 heavy (non-hydrogen) atoms. The summed E-state index contributed by atoms with van der Waals surface area (Å²) in [5.74, 6) is -1.74. The van der Waals surface area contributed by atoms with Gasteiger partial charge in [0.2, 0.25) is 5.91 Å². The molecule has 2 unspecified atom stereocenters. The molecule has 0 heterocycles. The Hall–Kier alpha value is -1.84. The van der Waals surface area contributed by atoms with Gasteiger partial charge >= 0.3 is 5.97 Å². The molecule has 0 radical (unpaired) electrons. The topological polar surface area (TPSA) is 66.4 Å². The molecule has 2 aliphatic rings. The van der Waals surface area contributed by atoms with Crippen molar-refractivity contribution < 1.29 is 14.7 Å². The van der Waals surface area contributed by atoms with Crippen LogP contribution in [0.3, 0.4) is 0 Å². The van der Waals surface area contributed by atoms with Crippen LogP contribution in [0.1, 0.15) is 24.8 Å². The summed E-state index contributed by atoms with van der Waals surface area (Å²) in [7, 11) is 0. The van der Waals surface area contributed by atoms with Crippen molar-refractivity contribution in [1.29, 1.82) is 0 Å². The van der Waals surface area contributed by atoms with E-state index in [1.165, 1.54) is 5.56 Å². The fourth-order valence-electron chi connectivity index (χ4n) is 2.66. The van der Waals surface area contributed by atoms with Crippen molar-refractivity contribution in [3.05, 3.63) is 35.9 Å². The summed E-state index contributed by atoms with van der Waals surface area (Å²) in [4.78, 5) is 22.6. The number of rotatable bonds is 5. The van der Waals surface area contributed by atoms with Gasteiger partial charge in [0.05, 0.1) is 11.8 Å². The Bertz CT molecular complexity index is 507. The monoisotopic (exact) mass is 259 g/mol. The fraction of sp³-hybridized carbons (Fsp3) is 0.467. The zero-order valence-electron chi connectivity index (χ0n) is 10.6. The lowest BCUT2D eigenvalue weighted by atomic mass is 9.96. The highest BCUT2D eigenvalue weighted by Crippen LogP contribution is 2.48. The molecule has 1 amide bonds. The predicted octanol–water partition coefficient (Wildman–Crippen LogP) is 1.56. The third-order valence-electron chi connectivity index (χ3n) is 4.29. The van der Waals surface area contributed by atoms with Crippen LogP contribution < -0.4 is 5.32 Å². The number of carboxylic acid groups (broad SMARTS) is 1. The maximum absolute atomic E-state index is 11.9. The quantitative estimate of drug-likeness (QED) is 0.843. The SMILES string of the molecule is O=C(O)C1CC1C(=O)NCC1(c2ccccc2)CC1. The lowest BCUT2D eigenvalue weighted by Crippen LogP contribution is -2.33. The molecule has 2 N–H and O–H groups in total. The van der Waals surface area contributed by atoms with E-state index in [9.17, 15) is 9.59 Å². The average molecular weight is 259 g/mol. The molecule has 4 heteroatoms. The maximum atomic E-state index is 11.9. The smallest absolute Gasteiger partial charge is 0.307 e. The number of hydrogen-bond acceptors (Lipinski definition) is 2. The Morgan fingerprint density at radius 3 is 2.42 bits per heavy atom. The fourth-order valence-corrected chi connectivity index (χ4v) is 2.66. The van der Waals surface area contributed by atoms with Gasteiger partial charge in [0.15, 0.2) is 0 Å². The lowest BCUT2D eigenvalue weighted by molar-refractivity contribution is -0.140. The van der Waals surface area contributed by atoms with Gasteiger partial charge in [-0.25, -0.2) is 0 Å². The van der Waals surface area contributed by atoms with E-state index in [0.29, 0.717) is 13.0 Å². The van der Waals surface area contributed by atoms with Gasteiger partial charge < -0.3 is 10.4 Å². The Morgan fingerprint density at radius 2 is 1.89 bits per heavy atom. The van der Waals surface area contributed by atoms with Crippen LogP contribution >= 0.6 is 0 Å². The minimum absolute atomic E-state index is 0.0878. The molecule has 0 spiro atoms. The van der Waals surface area contributed by atoms with Crippen molar-refractivity contribution in [2.24, 2.45) is 11.8 Å². The van der Waals surface area contributed by atoms with Gasteiger partial charge in [0, 0.05) is 12.0 Å². The minimum Gasteiger partial charge on any atom is -0.481 e. The van der Waals surface area contributed by atoms with Crippen molar-refractivity contribution in [3.63, 3.8) is 0 Å². The van der Waals surface area contributed by atoms with Gasteiger partial charge in [0.1, 0.15) is 0 Å². The first-order valence-corrected chi connectivity index (χ1v) is 6.68. The number of hydrogen-bond donors (Lipinski definition) is 2. The van der Waals surface area contributed by atoms with Crippen molar-refractivity contribution >= 4 is 11.9 Å². The van der Waals surface area contributed by atoms with Crippen LogP contribution in [0.25, 0.3) is 0 Å². The maximum Gasteiger partial charge on any atom is 0.307 e. The number of carbonyl (C=O) groups is 2. The van der Waals surface area contributed by atoms with Crippen molar-refractivity contribution in [2.75, 3.05) is 6.54 Å². The Balaban J connectivity index is 1.56. The first-order valence-electron chi connectivity index (χ1n) is 6.68. The molecule has 2 saturated carbocycles. The summed E-state index contributed by atoms with van der Waals surface area (Å²) < 4.78 is 0. The second-order valence-electron chi connectivity index (χ2n) is 5.65. The van der Waals surface area contributed by atoms with Crippen LogP contribution in [0.5, 0.6) is 0 Å². The van der Waals surface area contributed by atoms with E-state index in [-0.39, 0.29) is 17.2 Å². The molecule has 1 aromatic rings. The number of amides is 1.